The Hall–Kier alpha value is -2.88. The summed E-state index contributed by atoms with van der Waals surface area (Å²) in [5, 5.41) is 9.37. The Bertz CT molecular complexity index is 1250. The van der Waals surface area contributed by atoms with E-state index in [1.807, 2.05) is 0 Å². The highest BCUT2D eigenvalue weighted by Gasteiger charge is 2.20. The second kappa shape index (κ2) is 8.24. The molecule has 0 bridgehead atoms. The van der Waals surface area contributed by atoms with Gasteiger partial charge in [0.1, 0.15) is 18.2 Å². The summed E-state index contributed by atoms with van der Waals surface area (Å²) >= 11 is 17.8. The number of aliphatic carboxylic acids is 1. The molecule has 0 saturated carbocycles. The van der Waals surface area contributed by atoms with Gasteiger partial charge in [0, 0.05) is 29.1 Å². The molecule has 1 amide bonds. The predicted molar refractivity (Wildman–Crippen MR) is 108 cm³/mol. The number of amides is 1. The van der Waals surface area contributed by atoms with E-state index in [-0.39, 0.29) is 26.8 Å². The highest BCUT2D eigenvalue weighted by Crippen LogP contribution is 2.21. The fourth-order valence-electron chi connectivity index (χ4n) is 2.67. The zero-order valence-corrected chi connectivity index (χ0v) is 16.6. The summed E-state index contributed by atoms with van der Waals surface area (Å²) in [6.07, 6.45) is 1.34. The third kappa shape index (κ3) is 4.26. The number of carboxylic acid groups (broad SMARTS) is 1. The van der Waals surface area contributed by atoms with Crippen molar-refractivity contribution in [1.82, 2.24) is 14.1 Å². The summed E-state index contributed by atoms with van der Waals surface area (Å²) in [6, 6.07) is 6.87. The van der Waals surface area contributed by atoms with E-state index in [0.29, 0.717) is 4.57 Å². The van der Waals surface area contributed by atoms with Crippen molar-refractivity contribution in [3.63, 3.8) is 0 Å². The normalized spacial score (nSPS) is 10.9. The molecule has 12 heteroatoms. The molecule has 0 radical (unpaired) electrons. The lowest BCUT2D eigenvalue weighted by molar-refractivity contribution is -0.137. The quantitative estimate of drug-likeness (QED) is 0.464. The van der Waals surface area contributed by atoms with Crippen LogP contribution in [0.25, 0.3) is 10.9 Å². The Labute approximate surface area is 177 Å². The van der Waals surface area contributed by atoms with Crippen LogP contribution < -0.4 is 15.7 Å². The molecule has 2 heterocycles. The number of fused-ring (bicyclic) bond motifs is 1. The van der Waals surface area contributed by atoms with Crippen LogP contribution in [0.3, 0.4) is 0 Å². The van der Waals surface area contributed by atoms with Gasteiger partial charge in [0.25, 0.3) is 11.5 Å². The van der Waals surface area contributed by atoms with Crippen LogP contribution in [0.4, 0.5) is 5.69 Å². The van der Waals surface area contributed by atoms with Gasteiger partial charge in [-0.25, -0.2) is 18.8 Å². The highest BCUT2D eigenvalue weighted by atomic mass is 35.5. The maximum Gasteiger partial charge on any atom is 0.332 e. The van der Waals surface area contributed by atoms with Gasteiger partial charge in [-0.05, 0) is 24.3 Å². The molecule has 0 spiro atoms. The fourth-order valence-corrected chi connectivity index (χ4v) is 3.17. The molecule has 150 valence electrons. The van der Waals surface area contributed by atoms with E-state index in [1.54, 1.807) is 0 Å². The van der Waals surface area contributed by atoms with Crippen molar-refractivity contribution in [3.05, 3.63) is 67.5 Å². The van der Waals surface area contributed by atoms with E-state index in [9.17, 15) is 19.2 Å². The SMILES string of the molecule is O=C(O)Cn1c(=O)c2ccc(Cl)cc2n(CC(=O)N(Cl)c2ccnc(Cl)c2)c1=O. The molecular formula is C17H11Cl3N4O5. The van der Waals surface area contributed by atoms with Crippen LogP contribution in [-0.4, -0.2) is 31.1 Å². The Kier molecular flexibility index (Phi) is 5.92. The van der Waals surface area contributed by atoms with Crippen molar-refractivity contribution in [3.8, 4) is 0 Å². The smallest absolute Gasteiger partial charge is 0.332 e. The van der Waals surface area contributed by atoms with Crippen LogP contribution in [-0.2, 0) is 22.7 Å². The summed E-state index contributed by atoms with van der Waals surface area (Å²) in [7, 11) is 0. The van der Waals surface area contributed by atoms with Crippen LogP contribution in [0.2, 0.25) is 10.2 Å². The number of aromatic nitrogens is 3. The first-order chi connectivity index (χ1) is 13.7. The van der Waals surface area contributed by atoms with E-state index >= 15 is 0 Å². The summed E-state index contributed by atoms with van der Waals surface area (Å²) in [5.41, 5.74) is -1.51. The molecule has 2 aromatic heterocycles. The minimum absolute atomic E-state index is 0.0242. The molecule has 1 aromatic carbocycles. The van der Waals surface area contributed by atoms with Gasteiger partial charge >= 0.3 is 11.7 Å². The van der Waals surface area contributed by atoms with Gasteiger partial charge in [0.05, 0.1) is 16.6 Å². The zero-order chi connectivity index (χ0) is 21.3. The molecule has 3 rings (SSSR count). The average molecular weight is 458 g/mol. The molecule has 0 fully saturated rings. The number of halogens is 3. The second-order valence-electron chi connectivity index (χ2n) is 5.83. The summed E-state index contributed by atoms with van der Waals surface area (Å²) in [5.74, 6) is -2.13. The Balaban J connectivity index is 2.13. The number of hydrogen-bond acceptors (Lipinski definition) is 5. The first kappa shape index (κ1) is 20.8. The fraction of sp³-hybridized carbons (Fsp3) is 0.118. The van der Waals surface area contributed by atoms with E-state index < -0.39 is 36.2 Å². The van der Waals surface area contributed by atoms with Crippen molar-refractivity contribution in [2.75, 3.05) is 4.42 Å². The number of anilines is 1. The van der Waals surface area contributed by atoms with Crippen molar-refractivity contribution in [2.45, 2.75) is 13.1 Å². The number of benzene rings is 1. The minimum atomic E-state index is -1.39. The number of pyridine rings is 1. The molecule has 9 nitrogen and oxygen atoms in total. The van der Waals surface area contributed by atoms with Gasteiger partial charge in [-0.15, -0.1) is 0 Å². The van der Waals surface area contributed by atoms with E-state index in [2.05, 4.69) is 4.98 Å². The number of carbonyl (C=O) groups is 2. The standard InChI is InChI=1S/C17H11Cl3N4O5/c18-9-1-2-11-12(5-9)22(17(29)23(16(11)28)8-15(26)27)7-14(25)24(20)10-3-4-21-13(19)6-10/h1-6H,7-8H2,(H,26,27). The van der Waals surface area contributed by atoms with Crippen LogP contribution in [0.1, 0.15) is 0 Å². The maximum absolute atomic E-state index is 12.8. The van der Waals surface area contributed by atoms with Crippen LogP contribution in [0.5, 0.6) is 0 Å². The number of carboxylic acids is 1. The van der Waals surface area contributed by atoms with Crippen molar-refractivity contribution in [2.24, 2.45) is 0 Å². The van der Waals surface area contributed by atoms with Crippen LogP contribution in [0.15, 0.2) is 46.1 Å². The summed E-state index contributed by atoms with van der Waals surface area (Å²) in [4.78, 5) is 52.8. The molecule has 0 aliphatic rings. The van der Waals surface area contributed by atoms with Crippen LogP contribution >= 0.6 is 35.0 Å². The monoisotopic (exact) mass is 456 g/mol. The van der Waals surface area contributed by atoms with Crippen molar-refractivity contribution >= 4 is 63.4 Å². The lowest BCUT2D eigenvalue weighted by Gasteiger charge is -2.17. The van der Waals surface area contributed by atoms with Crippen molar-refractivity contribution < 1.29 is 14.7 Å². The molecule has 0 saturated heterocycles. The molecule has 0 aliphatic carbocycles. The Morgan fingerprint density at radius 1 is 1.07 bits per heavy atom. The van der Waals surface area contributed by atoms with E-state index in [0.717, 1.165) is 8.99 Å². The summed E-state index contributed by atoms with van der Waals surface area (Å²) < 4.78 is 2.20. The van der Waals surface area contributed by atoms with E-state index in [1.165, 1.54) is 36.5 Å². The average Bonchev–Trinajstić information content (AvgIpc) is 2.67. The second-order valence-corrected chi connectivity index (χ2v) is 6.99. The molecule has 0 aliphatic heterocycles. The number of nitrogens with zero attached hydrogens (tertiary/aromatic N) is 4. The van der Waals surface area contributed by atoms with Crippen LogP contribution in [0, 0.1) is 0 Å². The Morgan fingerprint density at radius 2 is 1.79 bits per heavy atom. The van der Waals surface area contributed by atoms with Crippen molar-refractivity contribution in [1.29, 1.82) is 0 Å². The summed E-state index contributed by atoms with van der Waals surface area (Å²) in [6.45, 7) is -1.45. The van der Waals surface area contributed by atoms with Gasteiger partial charge in [-0.1, -0.05) is 23.2 Å². The molecular weight excluding hydrogens is 447 g/mol. The topological polar surface area (TPSA) is 114 Å². The first-order valence-corrected chi connectivity index (χ1v) is 9.03. The lowest BCUT2D eigenvalue weighted by atomic mass is 10.2. The lowest BCUT2D eigenvalue weighted by Crippen LogP contribution is -2.43. The van der Waals surface area contributed by atoms with Gasteiger partial charge < -0.3 is 5.11 Å². The molecule has 1 N–H and O–H groups in total. The van der Waals surface area contributed by atoms with Gasteiger partial charge in [0.15, 0.2) is 0 Å². The maximum atomic E-state index is 12.8. The molecule has 0 unspecified atom stereocenters. The predicted octanol–water partition coefficient (Wildman–Crippen LogP) is 2.14. The van der Waals surface area contributed by atoms with Gasteiger partial charge in [-0.2, -0.15) is 0 Å². The highest BCUT2D eigenvalue weighted by molar-refractivity contribution is 6.37. The molecule has 0 atom stereocenters. The molecule has 3 aromatic rings. The third-order valence-corrected chi connectivity index (χ3v) is 4.76. The number of hydrogen-bond donors (Lipinski definition) is 1. The van der Waals surface area contributed by atoms with Gasteiger partial charge in [-0.3, -0.25) is 19.0 Å². The number of rotatable bonds is 5. The largest absolute Gasteiger partial charge is 0.480 e. The first-order valence-electron chi connectivity index (χ1n) is 7.94. The third-order valence-electron chi connectivity index (χ3n) is 3.93. The van der Waals surface area contributed by atoms with E-state index in [4.69, 9.17) is 40.1 Å². The number of carbonyl (C=O) groups excluding carboxylic acids is 1. The Morgan fingerprint density at radius 3 is 2.45 bits per heavy atom. The minimum Gasteiger partial charge on any atom is -0.480 e. The van der Waals surface area contributed by atoms with Gasteiger partial charge in [0.2, 0.25) is 0 Å². The zero-order valence-electron chi connectivity index (χ0n) is 14.4. The molecule has 29 heavy (non-hydrogen) atoms.